The topological polar surface area (TPSA) is 15.3 Å². The fourth-order valence-electron chi connectivity index (χ4n) is 1.91. The van der Waals surface area contributed by atoms with Gasteiger partial charge in [0.25, 0.3) is 0 Å². The van der Waals surface area contributed by atoms with Gasteiger partial charge in [0.15, 0.2) is 0 Å². The molecule has 0 fully saturated rings. The third-order valence-electron chi connectivity index (χ3n) is 3.33. The number of rotatable bonds is 10. The zero-order valence-corrected chi connectivity index (χ0v) is 13.4. The molecule has 0 bridgehead atoms. The first-order valence-electron chi connectivity index (χ1n) is 6.90. The molecule has 0 aliphatic carbocycles. The van der Waals surface area contributed by atoms with E-state index in [-0.39, 0.29) is 0 Å². The fourth-order valence-corrected chi connectivity index (χ4v) is 2.63. The van der Waals surface area contributed by atoms with Gasteiger partial charge in [0.05, 0.1) is 0 Å². The average Bonchev–Trinajstić information content (AvgIpc) is 2.27. The summed E-state index contributed by atoms with van der Waals surface area (Å²) < 4.78 is 0. The average molecular weight is 260 g/mol. The van der Waals surface area contributed by atoms with E-state index in [0.717, 1.165) is 19.0 Å². The number of hydrogen-bond acceptors (Lipinski definition) is 3. The van der Waals surface area contributed by atoms with Gasteiger partial charge in [-0.05, 0) is 59.0 Å². The minimum atomic E-state index is 0.684. The molecule has 0 amide bonds. The van der Waals surface area contributed by atoms with Crippen LogP contribution in [0.2, 0.25) is 0 Å². The molecule has 0 heterocycles. The Bertz CT molecular complexity index is 174. The molecular weight excluding hydrogens is 228 g/mol. The van der Waals surface area contributed by atoms with E-state index in [9.17, 15) is 0 Å². The molecule has 0 aliphatic heterocycles. The van der Waals surface area contributed by atoms with Gasteiger partial charge >= 0.3 is 0 Å². The van der Waals surface area contributed by atoms with Crippen molar-refractivity contribution < 1.29 is 0 Å². The van der Waals surface area contributed by atoms with E-state index in [2.05, 4.69) is 51.2 Å². The quantitative estimate of drug-likeness (QED) is 0.608. The van der Waals surface area contributed by atoms with E-state index in [0.29, 0.717) is 12.1 Å². The van der Waals surface area contributed by atoms with Crippen molar-refractivity contribution in [1.82, 2.24) is 10.2 Å². The maximum atomic E-state index is 3.51. The van der Waals surface area contributed by atoms with Crippen LogP contribution in [0, 0.1) is 5.92 Å². The van der Waals surface area contributed by atoms with Gasteiger partial charge in [-0.15, -0.1) is 0 Å². The Hall–Kier alpha value is 0.270. The van der Waals surface area contributed by atoms with Crippen molar-refractivity contribution in [2.75, 3.05) is 32.1 Å². The van der Waals surface area contributed by atoms with Crippen LogP contribution in [0.15, 0.2) is 0 Å². The molecule has 104 valence electrons. The number of thioether (sulfide) groups is 1. The fraction of sp³-hybridized carbons (Fsp3) is 1.00. The second-order valence-corrected chi connectivity index (χ2v) is 6.47. The van der Waals surface area contributed by atoms with Crippen molar-refractivity contribution in [2.45, 2.75) is 52.6 Å². The highest BCUT2D eigenvalue weighted by atomic mass is 32.2. The molecule has 1 N–H and O–H groups in total. The Balaban J connectivity index is 3.59. The first kappa shape index (κ1) is 17.3. The third-order valence-corrected chi connectivity index (χ3v) is 4.14. The summed E-state index contributed by atoms with van der Waals surface area (Å²) in [7, 11) is 2.26. The molecular formula is C14H32N2S. The van der Waals surface area contributed by atoms with Crippen LogP contribution in [-0.2, 0) is 0 Å². The van der Waals surface area contributed by atoms with Crippen LogP contribution in [0.5, 0.6) is 0 Å². The van der Waals surface area contributed by atoms with E-state index in [1.807, 2.05) is 11.8 Å². The molecule has 0 radical (unpaired) electrons. The molecule has 0 aromatic heterocycles. The molecule has 0 saturated heterocycles. The van der Waals surface area contributed by atoms with Gasteiger partial charge in [0.2, 0.25) is 0 Å². The molecule has 17 heavy (non-hydrogen) atoms. The van der Waals surface area contributed by atoms with Crippen LogP contribution in [0.25, 0.3) is 0 Å². The Labute approximate surface area is 113 Å². The Morgan fingerprint density at radius 1 is 1.12 bits per heavy atom. The normalized spacial score (nSPS) is 15.5. The van der Waals surface area contributed by atoms with E-state index in [4.69, 9.17) is 0 Å². The van der Waals surface area contributed by atoms with Gasteiger partial charge in [-0.1, -0.05) is 13.8 Å². The minimum Gasteiger partial charge on any atom is -0.316 e. The number of hydrogen-bond donors (Lipinski definition) is 1. The van der Waals surface area contributed by atoms with Crippen molar-refractivity contribution in [1.29, 1.82) is 0 Å². The van der Waals surface area contributed by atoms with Gasteiger partial charge in [-0.2, -0.15) is 11.8 Å². The molecule has 0 rings (SSSR count). The van der Waals surface area contributed by atoms with Crippen LogP contribution < -0.4 is 5.32 Å². The van der Waals surface area contributed by atoms with E-state index in [1.165, 1.54) is 18.6 Å². The SMILES string of the molecule is CSCC(C)N(C)C(C)CCCNCC(C)C. The third kappa shape index (κ3) is 8.92. The van der Waals surface area contributed by atoms with Crippen molar-refractivity contribution in [3.8, 4) is 0 Å². The summed E-state index contributed by atoms with van der Waals surface area (Å²) in [5.74, 6) is 1.99. The number of nitrogens with one attached hydrogen (secondary N) is 1. The van der Waals surface area contributed by atoms with Gasteiger partial charge in [-0.25, -0.2) is 0 Å². The lowest BCUT2D eigenvalue weighted by Gasteiger charge is -2.30. The molecule has 2 nitrogen and oxygen atoms in total. The zero-order valence-electron chi connectivity index (χ0n) is 12.6. The molecule has 0 spiro atoms. The Kier molecular flexibility index (Phi) is 10.4. The highest BCUT2D eigenvalue weighted by Crippen LogP contribution is 2.11. The van der Waals surface area contributed by atoms with Gasteiger partial charge < -0.3 is 10.2 Å². The molecule has 3 heteroatoms. The zero-order chi connectivity index (χ0) is 13.3. The summed E-state index contributed by atoms with van der Waals surface area (Å²) in [6.07, 6.45) is 4.76. The Morgan fingerprint density at radius 2 is 1.76 bits per heavy atom. The lowest BCUT2D eigenvalue weighted by atomic mass is 10.1. The summed E-state index contributed by atoms with van der Waals surface area (Å²) in [6, 6.07) is 1.38. The summed E-state index contributed by atoms with van der Waals surface area (Å²) in [4.78, 5) is 2.51. The van der Waals surface area contributed by atoms with Crippen LogP contribution in [0.3, 0.4) is 0 Å². The summed E-state index contributed by atoms with van der Waals surface area (Å²) in [5.41, 5.74) is 0. The smallest absolute Gasteiger partial charge is 0.0157 e. The monoisotopic (exact) mass is 260 g/mol. The molecule has 2 unspecified atom stereocenters. The second-order valence-electron chi connectivity index (χ2n) is 5.56. The molecule has 0 aromatic rings. The molecule has 0 aromatic carbocycles. The predicted octanol–water partition coefficient (Wildman–Crippen LogP) is 3.08. The summed E-state index contributed by atoms with van der Waals surface area (Å²) in [6.45, 7) is 11.5. The summed E-state index contributed by atoms with van der Waals surface area (Å²) >= 11 is 1.94. The van der Waals surface area contributed by atoms with Gasteiger partial charge in [0, 0.05) is 17.8 Å². The van der Waals surface area contributed by atoms with Gasteiger partial charge in [-0.3, -0.25) is 0 Å². The summed E-state index contributed by atoms with van der Waals surface area (Å²) in [5, 5.41) is 3.51. The largest absolute Gasteiger partial charge is 0.316 e. The van der Waals surface area contributed by atoms with Crippen LogP contribution in [-0.4, -0.2) is 49.1 Å². The van der Waals surface area contributed by atoms with Crippen molar-refractivity contribution in [2.24, 2.45) is 5.92 Å². The first-order chi connectivity index (χ1) is 7.99. The first-order valence-corrected chi connectivity index (χ1v) is 8.30. The van der Waals surface area contributed by atoms with Crippen molar-refractivity contribution >= 4 is 11.8 Å². The molecule has 0 aliphatic rings. The van der Waals surface area contributed by atoms with Crippen LogP contribution in [0.1, 0.15) is 40.5 Å². The maximum absolute atomic E-state index is 3.51. The van der Waals surface area contributed by atoms with Crippen LogP contribution >= 0.6 is 11.8 Å². The molecule has 2 atom stereocenters. The van der Waals surface area contributed by atoms with E-state index in [1.54, 1.807) is 0 Å². The van der Waals surface area contributed by atoms with Crippen molar-refractivity contribution in [3.05, 3.63) is 0 Å². The maximum Gasteiger partial charge on any atom is 0.0157 e. The van der Waals surface area contributed by atoms with Gasteiger partial charge in [0.1, 0.15) is 0 Å². The van der Waals surface area contributed by atoms with Crippen molar-refractivity contribution in [3.63, 3.8) is 0 Å². The van der Waals surface area contributed by atoms with Crippen LogP contribution in [0.4, 0.5) is 0 Å². The molecule has 0 saturated carbocycles. The Morgan fingerprint density at radius 3 is 2.29 bits per heavy atom. The highest BCUT2D eigenvalue weighted by Gasteiger charge is 2.14. The lowest BCUT2D eigenvalue weighted by Crippen LogP contribution is -2.38. The number of nitrogens with zero attached hydrogens (tertiary/aromatic N) is 1. The van der Waals surface area contributed by atoms with E-state index >= 15 is 0 Å². The highest BCUT2D eigenvalue weighted by molar-refractivity contribution is 7.98. The minimum absolute atomic E-state index is 0.684. The standard InChI is InChI=1S/C14H32N2S/c1-12(2)10-15-9-7-8-13(3)16(5)14(4)11-17-6/h12-15H,7-11H2,1-6H3. The second kappa shape index (κ2) is 10.2. The predicted molar refractivity (Wildman–Crippen MR) is 82.0 cm³/mol. The van der Waals surface area contributed by atoms with E-state index < -0.39 is 0 Å². The lowest BCUT2D eigenvalue weighted by molar-refractivity contribution is 0.199.